The third-order valence-corrected chi connectivity index (χ3v) is 11.2. The van der Waals surface area contributed by atoms with Crippen LogP contribution in [-0.2, 0) is 25.6 Å². The summed E-state index contributed by atoms with van der Waals surface area (Å²) in [6.45, 7) is 10.2. The maximum absolute atomic E-state index is 14.4. The molecule has 5 amide bonds. The molecule has 1 aliphatic heterocycles. The summed E-state index contributed by atoms with van der Waals surface area (Å²) in [7, 11) is 1.64. The fourth-order valence-electron chi connectivity index (χ4n) is 8.13. The van der Waals surface area contributed by atoms with Crippen LogP contribution in [0.15, 0.2) is 24.3 Å². The molecule has 0 bridgehead atoms. The van der Waals surface area contributed by atoms with Gasteiger partial charge in [0.15, 0.2) is 0 Å². The number of ketones is 1. The lowest BCUT2D eigenvalue weighted by Crippen LogP contribution is -2.63. The number of nitrogens with one attached hydrogen (secondary N) is 3. The Kier molecular flexibility index (Phi) is 9.68. The van der Waals surface area contributed by atoms with Crippen molar-refractivity contribution in [3.05, 3.63) is 29.8 Å². The highest BCUT2D eigenvalue weighted by Gasteiger charge is 2.70. The second kappa shape index (κ2) is 13.1. The van der Waals surface area contributed by atoms with Gasteiger partial charge in [0.1, 0.15) is 17.8 Å². The first-order valence-corrected chi connectivity index (χ1v) is 17.2. The van der Waals surface area contributed by atoms with Crippen LogP contribution in [0, 0.1) is 28.6 Å². The Balaban J connectivity index is 1.33. The third-order valence-electron chi connectivity index (χ3n) is 11.2. The smallest absolute Gasteiger partial charge is 0.315 e. The molecule has 0 spiro atoms. The van der Waals surface area contributed by atoms with Crippen molar-refractivity contribution in [2.24, 2.45) is 34.3 Å². The van der Waals surface area contributed by atoms with Gasteiger partial charge in [-0.25, -0.2) is 4.79 Å². The fraction of sp³-hybridized carbons (Fsp3) is 0.694. The van der Waals surface area contributed by atoms with Gasteiger partial charge in [0.2, 0.25) is 17.6 Å². The van der Waals surface area contributed by atoms with Gasteiger partial charge in [0, 0.05) is 12.1 Å². The molecule has 5 rings (SSSR count). The molecule has 11 heteroatoms. The van der Waals surface area contributed by atoms with E-state index in [0.29, 0.717) is 19.4 Å². The number of benzene rings is 1. The van der Waals surface area contributed by atoms with E-state index in [4.69, 9.17) is 10.5 Å². The number of ether oxygens (including phenoxy) is 1. The molecule has 3 aliphatic carbocycles. The molecule has 5 atom stereocenters. The van der Waals surface area contributed by atoms with Crippen LogP contribution < -0.4 is 26.4 Å². The Morgan fingerprint density at radius 1 is 1.04 bits per heavy atom. The molecule has 1 aromatic rings. The van der Waals surface area contributed by atoms with Gasteiger partial charge in [-0.2, -0.15) is 0 Å². The summed E-state index contributed by atoms with van der Waals surface area (Å²) in [4.78, 5) is 68.2. The van der Waals surface area contributed by atoms with Crippen molar-refractivity contribution in [3.8, 4) is 5.75 Å². The molecule has 4 fully saturated rings. The van der Waals surface area contributed by atoms with Crippen LogP contribution in [0.2, 0.25) is 0 Å². The summed E-state index contributed by atoms with van der Waals surface area (Å²) >= 11 is 0. The first kappa shape index (κ1) is 34.7. The topological polar surface area (TPSA) is 160 Å². The maximum Gasteiger partial charge on any atom is 0.315 e. The second-order valence-corrected chi connectivity index (χ2v) is 16.1. The summed E-state index contributed by atoms with van der Waals surface area (Å²) in [6, 6.07) is 4.73. The number of primary amides is 1. The first-order chi connectivity index (χ1) is 22.1. The van der Waals surface area contributed by atoms with Crippen molar-refractivity contribution in [2.45, 2.75) is 116 Å². The number of methoxy groups -OCH3 is 1. The van der Waals surface area contributed by atoms with Crippen molar-refractivity contribution >= 4 is 29.5 Å². The van der Waals surface area contributed by atoms with Crippen molar-refractivity contribution in [2.75, 3.05) is 13.7 Å². The van der Waals surface area contributed by atoms with Gasteiger partial charge < -0.3 is 31.3 Å². The molecule has 1 saturated heterocycles. The monoisotopic (exact) mass is 651 g/mol. The van der Waals surface area contributed by atoms with Crippen LogP contribution >= 0.6 is 0 Å². The van der Waals surface area contributed by atoms with Gasteiger partial charge in [-0.05, 0) is 72.0 Å². The normalized spacial score (nSPS) is 25.5. The fourth-order valence-corrected chi connectivity index (χ4v) is 8.13. The standard InChI is InChI=1S/C36H53N5O6/c1-34(2,3)29(39-33(46)40-36(15-8-7-9-16-36)19-22-11-10-12-23(17-22)47-6)32(45)41-20-24-26(35(24,4)5)27(41)31(44)38-25(18-21-13-14-21)28(42)30(37)43/h10-12,17,21,24-27,29H,7-9,13-16,18-20H2,1-6H3,(H2,37,43)(H,38,44)(H2,39,40,46)/t24-,25?,26-,27-,29+/m0/s1. The van der Waals surface area contributed by atoms with Crippen LogP contribution in [0.4, 0.5) is 4.79 Å². The maximum atomic E-state index is 14.4. The van der Waals surface area contributed by atoms with Crippen molar-refractivity contribution in [1.29, 1.82) is 0 Å². The number of fused-ring (bicyclic) bond motifs is 1. The highest BCUT2D eigenvalue weighted by atomic mass is 16.5. The number of hydrogen-bond donors (Lipinski definition) is 4. The Morgan fingerprint density at radius 3 is 2.32 bits per heavy atom. The van der Waals surface area contributed by atoms with Crippen LogP contribution in [0.1, 0.15) is 91.5 Å². The molecule has 3 saturated carbocycles. The molecule has 0 aromatic heterocycles. The molecule has 258 valence electrons. The lowest BCUT2D eigenvalue weighted by molar-refractivity contribution is -0.145. The van der Waals surface area contributed by atoms with Crippen molar-refractivity contribution in [1.82, 2.24) is 20.9 Å². The lowest BCUT2D eigenvalue weighted by atomic mass is 9.77. The van der Waals surface area contributed by atoms with Gasteiger partial charge in [0.25, 0.3) is 5.91 Å². The largest absolute Gasteiger partial charge is 0.497 e. The molecule has 1 heterocycles. The van der Waals surface area contributed by atoms with E-state index in [9.17, 15) is 24.0 Å². The zero-order chi connectivity index (χ0) is 34.3. The van der Waals surface area contributed by atoms with Gasteiger partial charge >= 0.3 is 6.03 Å². The molecule has 1 aromatic carbocycles. The molecule has 0 radical (unpaired) electrons. The minimum absolute atomic E-state index is 0.0977. The van der Waals surface area contributed by atoms with E-state index in [1.54, 1.807) is 12.0 Å². The van der Waals surface area contributed by atoms with E-state index in [1.807, 2.05) is 45.0 Å². The Hall–Kier alpha value is -3.63. The summed E-state index contributed by atoms with van der Waals surface area (Å²) in [5.74, 6) is -1.64. The van der Waals surface area contributed by atoms with Gasteiger partial charge in [-0.15, -0.1) is 0 Å². The van der Waals surface area contributed by atoms with E-state index >= 15 is 0 Å². The minimum atomic E-state index is -1.08. The molecular formula is C36H53N5O6. The van der Waals surface area contributed by atoms with E-state index in [1.165, 1.54) is 0 Å². The SMILES string of the molecule is COc1cccc(CC2(NC(=O)N[C@H](C(=O)N3C[C@H]4[C@@H]([C@H]3C(=O)NC(CC3CC3)C(=O)C(N)=O)C4(C)C)C(C)(C)C)CCCCC2)c1. The summed E-state index contributed by atoms with van der Waals surface area (Å²) in [5, 5.41) is 9.11. The van der Waals surface area contributed by atoms with Gasteiger partial charge in [0.05, 0.1) is 13.2 Å². The average molecular weight is 652 g/mol. The summed E-state index contributed by atoms with van der Waals surface area (Å²) < 4.78 is 5.43. The zero-order valence-electron chi connectivity index (χ0n) is 28.8. The van der Waals surface area contributed by atoms with Crippen molar-refractivity contribution < 1.29 is 28.7 Å². The molecule has 11 nitrogen and oxygen atoms in total. The number of nitrogens with two attached hydrogens (primary N) is 1. The molecule has 5 N–H and O–H groups in total. The van der Waals surface area contributed by atoms with Gasteiger partial charge in [-0.3, -0.25) is 19.2 Å². The predicted octanol–water partition coefficient (Wildman–Crippen LogP) is 3.48. The van der Waals surface area contributed by atoms with Crippen LogP contribution in [-0.4, -0.2) is 71.8 Å². The Morgan fingerprint density at radius 2 is 1.72 bits per heavy atom. The predicted molar refractivity (Wildman–Crippen MR) is 177 cm³/mol. The molecular weight excluding hydrogens is 598 g/mol. The zero-order valence-corrected chi connectivity index (χ0v) is 28.8. The number of amides is 5. The second-order valence-electron chi connectivity index (χ2n) is 16.1. The third kappa shape index (κ3) is 7.59. The molecule has 47 heavy (non-hydrogen) atoms. The number of Topliss-reactive ketones (excluding diaryl/α,β-unsaturated/α-hetero) is 1. The number of urea groups is 1. The van der Waals surface area contributed by atoms with E-state index in [0.717, 1.165) is 56.3 Å². The average Bonchev–Trinajstić information content (AvgIpc) is 3.86. The molecule has 1 unspecified atom stereocenters. The highest BCUT2D eigenvalue weighted by Crippen LogP contribution is 2.65. The number of hydrogen-bond acceptors (Lipinski definition) is 6. The number of carbonyl (C=O) groups is 5. The Bertz CT molecular complexity index is 1390. The summed E-state index contributed by atoms with van der Waals surface area (Å²) in [5.41, 5.74) is 5.10. The molecule has 4 aliphatic rings. The Labute approximate surface area is 278 Å². The number of rotatable bonds is 12. The van der Waals surface area contributed by atoms with Crippen molar-refractivity contribution in [3.63, 3.8) is 0 Å². The number of carbonyl (C=O) groups excluding carboxylic acids is 5. The number of nitrogens with zero attached hydrogens (tertiary/aromatic N) is 1. The van der Waals surface area contributed by atoms with E-state index < -0.39 is 52.7 Å². The first-order valence-electron chi connectivity index (χ1n) is 17.2. The van der Waals surface area contributed by atoms with E-state index in [2.05, 4.69) is 29.8 Å². The lowest BCUT2D eigenvalue weighted by Gasteiger charge is -2.41. The summed E-state index contributed by atoms with van der Waals surface area (Å²) in [6.07, 6.45) is 7.62. The highest BCUT2D eigenvalue weighted by molar-refractivity contribution is 6.37. The van der Waals surface area contributed by atoms with Crippen LogP contribution in [0.3, 0.4) is 0 Å². The van der Waals surface area contributed by atoms with Crippen LogP contribution in [0.25, 0.3) is 0 Å². The number of likely N-dealkylation sites (tertiary alicyclic amines) is 1. The number of piperidine rings is 1. The quantitative estimate of drug-likeness (QED) is 0.253. The minimum Gasteiger partial charge on any atom is -0.497 e. The van der Waals surface area contributed by atoms with E-state index in [-0.39, 0.29) is 29.1 Å². The van der Waals surface area contributed by atoms with Crippen LogP contribution in [0.5, 0.6) is 5.75 Å². The van der Waals surface area contributed by atoms with Gasteiger partial charge in [-0.1, -0.05) is 78.9 Å².